The Bertz CT molecular complexity index is 1150. The van der Waals surface area contributed by atoms with Gasteiger partial charge in [0.15, 0.2) is 0 Å². The number of hydrogen-bond donors (Lipinski definition) is 1. The second-order valence-corrected chi connectivity index (χ2v) is 8.66. The standard InChI is InChI=1S/C22H17ClFN3O3/c23-12-6-3-5-11-18(12)25-21(30)22(11)17-16(15-9-4-10-26(15)22)19(28)27(20(17)29)14-8-2-1-7-13(14)24/h1-3,5-8,15-17H,4,9-10H2,(H,25,30)/t15-,16+,17-,22+/m0/s1. The first-order valence-electron chi connectivity index (χ1n) is 9.97. The fraction of sp³-hybridized carbons (Fsp3) is 0.318. The lowest BCUT2D eigenvalue weighted by atomic mass is 9.75. The Morgan fingerprint density at radius 1 is 1.07 bits per heavy atom. The minimum absolute atomic E-state index is 0.0636. The van der Waals surface area contributed by atoms with E-state index in [2.05, 4.69) is 5.32 Å². The van der Waals surface area contributed by atoms with E-state index in [0.717, 1.165) is 11.3 Å². The van der Waals surface area contributed by atoms with Crippen molar-refractivity contribution in [1.82, 2.24) is 4.90 Å². The third kappa shape index (κ3) is 1.90. The van der Waals surface area contributed by atoms with E-state index >= 15 is 0 Å². The molecule has 2 aromatic rings. The number of nitrogens with zero attached hydrogens (tertiary/aromatic N) is 2. The topological polar surface area (TPSA) is 69.7 Å². The van der Waals surface area contributed by atoms with Gasteiger partial charge in [-0.1, -0.05) is 35.9 Å². The van der Waals surface area contributed by atoms with E-state index in [1.54, 1.807) is 24.3 Å². The molecule has 3 fully saturated rings. The van der Waals surface area contributed by atoms with Gasteiger partial charge in [-0.15, -0.1) is 0 Å². The quantitative estimate of drug-likeness (QED) is 0.713. The van der Waals surface area contributed by atoms with Crippen molar-refractivity contribution in [2.75, 3.05) is 16.8 Å². The number of anilines is 2. The molecule has 0 unspecified atom stereocenters. The summed E-state index contributed by atoms with van der Waals surface area (Å²) >= 11 is 6.35. The Morgan fingerprint density at radius 3 is 2.67 bits per heavy atom. The summed E-state index contributed by atoms with van der Waals surface area (Å²) in [5.74, 6) is -3.58. The normalized spacial score (nSPS) is 32.0. The van der Waals surface area contributed by atoms with E-state index in [9.17, 15) is 18.8 Å². The number of halogens is 2. The summed E-state index contributed by atoms with van der Waals surface area (Å²) in [5, 5.41) is 3.24. The van der Waals surface area contributed by atoms with Crippen LogP contribution < -0.4 is 10.2 Å². The molecule has 1 N–H and O–H groups in total. The second-order valence-electron chi connectivity index (χ2n) is 8.25. The number of carbonyl (C=O) groups is 3. The lowest BCUT2D eigenvalue weighted by molar-refractivity contribution is -0.135. The fourth-order valence-corrected chi connectivity index (χ4v) is 6.29. The highest BCUT2D eigenvalue weighted by atomic mass is 35.5. The number of nitrogens with one attached hydrogen (secondary N) is 1. The summed E-state index contributed by atoms with van der Waals surface area (Å²) < 4.78 is 14.5. The summed E-state index contributed by atoms with van der Waals surface area (Å²) in [7, 11) is 0. The minimum Gasteiger partial charge on any atom is -0.323 e. The number of para-hydroxylation sites is 2. The molecule has 4 atom stereocenters. The van der Waals surface area contributed by atoms with Crippen LogP contribution in [0.5, 0.6) is 0 Å². The SMILES string of the molecule is O=C1[C@H]2[C@@H](C(=O)N1c1ccccc1F)[C@]1(C(=O)Nc3c(Cl)cccc31)N1CCC[C@@H]21. The zero-order valence-corrected chi connectivity index (χ0v) is 16.5. The van der Waals surface area contributed by atoms with Crippen LogP contribution in [0.2, 0.25) is 5.02 Å². The van der Waals surface area contributed by atoms with Crippen LogP contribution >= 0.6 is 11.6 Å². The van der Waals surface area contributed by atoms with Crippen molar-refractivity contribution in [3.8, 4) is 0 Å². The van der Waals surface area contributed by atoms with Gasteiger partial charge in [0.05, 0.1) is 28.2 Å². The Kier molecular flexibility index (Phi) is 3.54. The highest BCUT2D eigenvalue weighted by molar-refractivity contribution is 6.35. The van der Waals surface area contributed by atoms with Crippen LogP contribution in [0.1, 0.15) is 18.4 Å². The van der Waals surface area contributed by atoms with E-state index < -0.39 is 35.0 Å². The number of hydrogen-bond acceptors (Lipinski definition) is 4. The molecule has 2 aromatic carbocycles. The molecule has 6 rings (SSSR count). The zero-order valence-electron chi connectivity index (χ0n) is 15.8. The summed E-state index contributed by atoms with van der Waals surface area (Å²) in [5.41, 5.74) is -0.263. The van der Waals surface area contributed by atoms with Gasteiger partial charge in [-0.05, 0) is 37.6 Å². The van der Waals surface area contributed by atoms with Crippen LogP contribution in [0.15, 0.2) is 42.5 Å². The van der Waals surface area contributed by atoms with Gasteiger partial charge < -0.3 is 5.32 Å². The first-order valence-corrected chi connectivity index (χ1v) is 10.3. The lowest BCUT2D eigenvalue weighted by Crippen LogP contribution is -2.54. The first-order chi connectivity index (χ1) is 14.5. The molecule has 4 aliphatic heterocycles. The van der Waals surface area contributed by atoms with Crippen LogP contribution in [-0.4, -0.2) is 35.2 Å². The molecule has 0 saturated carbocycles. The highest BCUT2D eigenvalue weighted by Gasteiger charge is 2.74. The fourth-order valence-electron chi connectivity index (χ4n) is 6.06. The van der Waals surface area contributed by atoms with Crippen LogP contribution in [0.25, 0.3) is 0 Å². The molecule has 4 heterocycles. The van der Waals surface area contributed by atoms with Crippen molar-refractivity contribution >= 4 is 40.7 Å². The zero-order chi connectivity index (χ0) is 20.8. The van der Waals surface area contributed by atoms with Gasteiger partial charge in [-0.25, -0.2) is 9.29 Å². The molecule has 8 heteroatoms. The Hall–Kier alpha value is -2.77. The first kappa shape index (κ1) is 18.0. The molecule has 0 bridgehead atoms. The molecular weight excluding hydrogens is 409 g/mol. The maximum absolute atomic E-state index is 14.5. The molecule has 0 radical (unpaired) electrons. The average molecular weight is 426 g/mol. The minimum atomic E-state index is -1.31. The van der Waals surface area contributed by atoms with E-state index in [1.807, 2.05) is 4.90 Å². The molecule has 4 aliphatic rings. The number of benzene rings is 2. The number of carbonyl (C=O) groups excluding carboxylic acids is 3. The van der Waals surface area contributed by atoms with Gasteiger partial charge in [0.25, 0.3) is 5.91 Å². The van der Waals surface area contributed by atoms with Gasteiger partial charge in [0.2, 0.25) is 11.8 Å². The number of imide groups is 1. The Labute approximate surface area is 176 Å². The van der Waals surface area contributed by atoms with Gasteiger partial charge in [0, 0.05) is 11.6 Å². The number of amides is 3. The smallest absolute Gasteiger partial charge is 0.250 e. The van der Waals surface area contributed by atoms with Crippen molar-refractivity contribution in [2.45, 2.75) is 24.4 Å². The van der Waals surface area contributed by atoms with Crippen molar-refractivity contribution in [3.63, 3.8) is 0 Å². The van der Waals surface area contributed by atoms with Gasteiger partial charge >= 0.3 is 0 Å². The van der Waals surface area contributed by atoms with Gasteiger partial charge in [-0.3, -0.25) is 19.3 Å². The molecule has 152 valence electrons. The van der Waals surface area contributed by atoms with Crippen LogP contribution in [0.3, 0.4) is 0 Å². The molecule has 0 aromatic heterocycles. The Morgan fingerprint density at radius 2 is 1.87 bits per heavy atom. The lowest BCUT2D eigenvalue weighted by Gasteiger charge is -2.36. The summed E-state index contributed by atoms with van der Waals surface area (Å²) in [4.78, 5) is 43.6. The van der Waals surface area contributed by atoms with Crippen molar-refractivity contribution in [3.05, 3.63) is 58.9 Å². The molecule has 30 heavy (non-hydrogen) atoms. The predicted molar refractivity (Wildman–Crippen MR) is 107 cm³/mol. The number of rotatable bonds is 1. The van der Waals surface area contributed by atoms with Crippen molar-refractivity contribution < 1.29 is 18.8 Å². The molecule has 0 aliphatic carbocycles. The summed E-state index contributed by atoms with van der Waals surface area (Å²) in [6.07, 6.45) is 1.52. The largest absolute Gasteiger partial charge is 0.323 e. The summed E-state index contributed by atoms with van der Waals surface area (Å²) in [6.45, 7) is 0.608. The van der Waals surface area contributed by atoms with Gasteiger partial charge in [-0.2, -0.15) is 0 Å². The monoisotopic (exact) mass is 425 g/mol. The van der Waals surface area contributed by atoms with Crippen molar-refractivity contribution in [1.29, 1.82) is 0 Å². The molecule has 3 amide bonds. The molecule has 3 saturated heterocycles. The predicted octanol–water partition coefficient (Wildman–Crippen LogP) is 2.91. The van der Waals surface area contributed by atoms with E-state index in [4.69, 9.17) is 11.6 Å². The van der Waals surface area contributed by atoms with E-state index in [0.29, 0.717) is 29.2 Å². The van der Waals surface area contributed by atoms with E-state index in [-0.39, 0.29) is 17.6 Å². The third-order valence-corrected chi connectivity index (χ3v) is 7.39. The van der Waals surface area contributed by atoms with Crippen LogP contribution in [-0.2, 0) is 19.9 Å². The third-order valence-electron chi connectivity index (χ3n) is 7.07. The molecule has 6 nitrogen and oxygen atoms in total. The molecule has 1 spiro atoms. The number of fused-ring (bicyclic) bond motifs is 7. The van der Waals surface area contributed by atoms with Crippen molar-refractivity contribution in [2.24, 2.45) is 11.8 Å². The van der Waals surface area contributed by atoms with Crippen LogP contribution in [0.4, 0.5) is 15.8 Å². The van der Waals surface area contributed by atoms with E-state index in [1.165, 1.54) is 18.2 Å². The Balaban J connectivity index is 1.59. The molecular formula is C22H17ClFN3O3. The van der Waals surface area contributed by atoms with Crippen LogP contribution in [0, 0.1) is 17.7 Å². The average Bonchev–Trinajstić information content (AvgIpc) is 3.42. The summed E-state index contributed by atoms with van der Waals surface area (Å²) in [6, 6.07) is 10.7. The van der Waals surface area contributed by atoms with Gasteiger partial charge in [0.1, 0.15) is 11.4 Å². The maximum Gasteiger partial charge on any atom is 0.250 e. The maximum atomic E-state index is 14.5. The highest BCUT2D eigenvalue weighted by Crippen LogP contribution is 2.61. The second kappa shape index (κ2) is 5.89.